The summed E-state index contributed by atoms with van der Waals surface area (Å²) < 4.78 is 13.4. The van der Waals surface area contributed by atoms with Crippen molar-refractivity contribution < 1.29 is 4.42 Å². The Kier molecular flexibility index (Phi) is 7.27. The number of nitrogens with zero attached hydrogens (tertiary/aromatic N) is 6. The fourth-order valence-corrected chi connectivity index (χ4v) is 10.2. The molecule has 5 aromatic heterocycles. The average Bonchev–Trinajstić information content (AvgIpc) is 4.10. The lowest BCUT2D eigenvalue weighted by atomic mass is 10.1. The van der Waals surface area contributed by atoms with E-state index in [9.17, 15) is 0 Å². The van der Waals surface area contributed by atoms with Crippen LogP contribution in [0.2, 0.25) is 0 Å². The molecule has 0 saturated carbocycles. The lowest BCUT2D eigenvalue weighted by Gasteiger charge is -2.17. The number of rotatable bonds is 5. The van der Waals surface area contributed by atoms with Crippen molar-refractivity contribution in [3.63, 3.8) is 0 Å². The van der Waals surface area contributed by atoms with Crippen molar-refractivity contribution in [3.05, 3.63) is 206 Å². The van der Waals surface area contributed by atoms with Crippen LogP contribution in [0.25, 0.3) is 127 Å². The molecular weight excluding hydrogens is 785 g/mol. The van der Waals surface area contributed by atoms with Crippen LogP contribution in [0.1, 0.15) is 0 Å². The van der Waals surface area contributed by atoms with Crippen LogP contribution in [0, 0.1) is 0 Å². The van der Waals surface area contributed by atoms with E-state index in [2.05, 4.69) is 177 Å². The van der Waals surface area contributed by atoms with E-state index in [0.717, 1.165) is 99.1 Å². The molecule has 14 rings (SSSR count). The van der Waals surface area contributed by atoms with Crippen molar-refractivity contribution in [2.24, 2.45) is 0 Å². The third-order valence-electron chi connectivity index (χ3n) is 12.9. The summed E-state index contributed by atoms with van der Waals surface area (Å²) in [6, 6.07) is 72.6. The Hall–Kier alpha value is -8.81. The zero-order valence-electron chi connectivity index (χ0n) is 34.2. The summed E-state index contributed by atoms with van der Waals surface area (Å²) in [4.78, 5) is 16.1. The molecular formula is C57H34N6O. The molecule has 7 heteroatoms. The number of aromatic nitrogens is 6. The number of fused-ring (bicyclic) bond motifs is 12. The first kappa shape index (κ1) is 34.9. The second-order valence-corrected chi connectivity index (χ2v) is 16.4. The minimum absolute atomic E-state index is 0.528. The van der Waals surface area contributed by atoms with E-state index >= 15 is 0 Å². The van der Waals surface area contributed by atoms with E-state index in [-0.39, 0.29) is 0 Å². The maximum atomic E-state index is 6.26. The first-order valence-electron chi connectivity index (χ1n) is 21.5. The van der Waals surface area contributed by atoms with Crippen molar-refractivity contribution in [2.75, 3.05) is 0 Å². The Morgan fingerprint density at radius 3 is 1.53 bits per heavy atom. The van der Waals surface area contributed by atoms with Gasteiger partial charge in [0.1, 0.15) is 11.2 Å². The van der Waals surface area contributed by atoms with Crippen LogP contribution in [0.5, 0.6) is 0 Å². The molecule has 0 aliphatic heterocycles. The van der Waals surface area contributed by atoms with Crippen molar-refractivity contribution >= 4 is 87.4 Å². The van der Waals surface area contributed by atoms with Crippen LogP contribution in [-0.2, 0) is 0 Å². The molecule has 0 atom stereocenters. The molecule has 0 aliphatic carbocycles. The highest BCUT2D eigenvalue weighted by molar-refractivity contribution is 6.26. The predicted molar refractivity (Wildman–Crippen MR) is 261 cm³/mol. The van der Waals surface area contributed by atoms with Crippen LogP contribution >= 0.6 is 0 Å². The highest BCUT2D eigenvalue weighted by Crippen LogP contribution is 2.47. The first-order chi connectivity index (χ1) is 31.8. The van der Waals surface area contributed by atoms with E-state index < -0.39 is 0 Å². The van der Waals surface area contributed by atoms with Gasteiger partial charge >= 0.3 is 0 Å². The Bertz CT molecular complexity index is 4140. The molecule has 0 bridgehead atoms. The minimum atomic E-state index is 0.528. The van der Waals surface area contributed by atoms with Crippen LogP contribution in [0.3, 0.4) is 0 Å². The Morgan fingerprint density at radius 2 is 0.844 bits per heavy atom. The van der Waals surface area contributed by atoms with Crippen LogP contribution in [0.15, 0.2) is 211 Å². The molecule has 9 aromatic carbocycles. The van der Waals surface area contributed by atoms with E-state index in [1.807, 2.05) is 42.5 Å². The number of hydrogen-bond acceptors (Lipinski definition) is 4. The van der Waals surface area contributed by atoms with Gasteiger partial charge in [0, 0.05) is 59.9 Å². The van der Waals surface area contributed by atoms with Gasteiger partial charge in [0.25, 0.3) is 0 Å². The van der Waals surface area contributed by atoms with Crippen LogP contribution in [0.4, 0.5) is 0 Å². The molecule has 14 aromatic rings. The van der Waals surface area contributed by atoms with E-state index in [0.29, 0.717) is 17.6 Å². The van der Waals surface area contributed by atoms with Gasteiger partial charge in [-0.2, -0.15) is 9.97 Å². The van der Waals surface area contributed by atoms with Gasteiger partial charge in [-0.15, -0.1) is 0 Å². The van der Waals surface area contributed by atoms with Gasteiger partial charge in [-0.05, 0) is 66.7 Å². The van der Waals surface area contributed by atoms with Gasteiger partial charge in [0.05, 0.1) is 38.8 Å². The smallest absolute Gasteiger partial charge is 0.238 e. The molecule has 0 amide bonds. The maximum Gasteiger partial charge on any atom is 0.238 e. The molecule has 0 N–H and O–H groups in total. The first-order valence-corrected chi connectivity index (χ1v) is 21.5. The molecule has 5 heterocycles. The number of furan rings is 1. The lowest BCUT2D eigenvalue weighted by Crippen LogP contribution is -2.08. The van der Waals surface area contributed by atoms with Crippen LogP contribution in [-0.4, -0.2) is 28.7 Å². The predicted octanol–water partition coefficient (Wildman–Crippen LogP) is 14.4. The summed E-state index contributed by atoms with van der Waals surface area (Å²) in [5.41, 5.74) is 12.1. The quantitative estimate of drug-likeness (QED) is 0.173. The van der Waals surface area contributed by atoms with Gasteiger partial charge in [-0.1, -0.05) is 140 Å². The summed E-state index contributed by atoms with van der Waals surface area (Å²) in [6.07, 6.45) is 0. The summed E-state index contributed by atoms with van der Waals surface area (Å²) in [7, 11) is 0. The maximum absolute atomic E-state index is 6.26. The van der Waals surface area contributed by atoms with Crippen LogP contribution < -0.4 is 0 Å². The Balaban J connectivity index is 1.19. The molecule has 0 aliphatic rings. The topological polar surface area (TPSA) is 66.6 Å². The minimum Gasteiger partial charge on any atom is -0.456 e. The van der Waals surface area contributed by atoms with Crippen molar-refractivity contribution in [3.8, 4) is 40.1 Å². The highest BCUT2D eigenvalue weighted by atomic mass is 16.3. The molecule has 0 spiro atoms. The van der Waals surface area contributed by atoms with Gasteiger partial charge in [0.2, 0.25) is 5.95 Å². The summed E-state index contributed by atoms with van der Waals surface area (Å²) in [6.45, 7) is 0. The zero-order chi connectivity index (χ0) is 41.9. The molecule has 0 radical (unpaired) electrons. The number of benzene rings is 9. The van der Waals surface area contributed by atoms with E-state index in [1.54, 1.807) is 0 Å². The lowest BCUT2D eigenvalue weighted by molar-refractivity contribution is 0.669. The van der Waals surface area contributed by atoms with Gasteiger partial charge in [0.15, 0.2) is 11.6 Å². The second-order valence-electron chi connectivity index (χ2n) is 16.4. The van der Waals surface area contributed by atoms with Crippen molar-refractivity contribution in [2.45, 2.75) is 0 Å². The van der Waals surface area contributed by atoms with Gasteiger partial charge < -0.3 is 13.6 Å². The SMILES string of the molecule is c1ccc(-c2nc(-c3ccc4oc5ccccc5c4c3)nc(-n3c4ccccc4c4cc5c(c(-n6c7ccccc7c7ccccc76)c43)c3ccccc3n5-c3ccccc3)n2)cc1. The highest BCUT2D eigenvalue weighted by Gasteiger charge is 2.28. The third kappa shape index (κ3) is 4.94. The molecule has 64 heavy (non-hydrogen) atoms. The molecule has 0 unspecified atom stereocenters. The zero-order valence-corrected chi connectivity index (χ0v) is 34.2. The summed E-state index contributed by atoms with van der Waals surface area (Å²) >= 11 is 0. The Morgan fingerprint density at radius 1 is 0.328 bits per heavy atom. The average molecular weight is 819 g/mol. The van der Waals surface area contributed by atoms with E-state index in [1.165, 1.54) is 10.8 Å². The summed E-state index contributed by atoms with van der Waals surface area (Å²) in [5.74, 6) is 1.69. The monoisotopic (exact) mass is 818 g/mol. The number of para-hydroxylation sites is 6. The van der Waals surface area contributed by atoms with Crippen molar-refractivity contribution in [1.82, 2.24) is 28.7 Å². The molecule has 7 nitrogen and oxygen atoms in total. The molecule has 298 valence electrons. The fourth-order valence-electron chi connectivity index (χ4n) is 10.2. The standard InChI is InChI=1S/C57H34N6O/c1-3-17-35(18-4-1)55-58-56(36-31-32-51-43(33-36)41-24-11-16-30-50(41)64-51)60-57(59-55)63-47-28-14-9-23-40(47)44-34-49-52(42-25-10-15-29-48(42)61(49)37-19-5-2-6-20-37)54(53(44)63)62-45-26-12-7-21-38(45)39-22-8-13-27-46(39)62/h1-34H. The fraction of sp³-hybridized carbons (Fsp3) is 0. The molecule has 0 fully saturated rings. The number of hydrogen-bond donors (Lipinski definition) is 0. The summed E-state index contributed by atoms with van der Waals surface area (Å²) in [5, 5.41) is 8.92. The largest absolute Gasteiger partial charge is 0.456 e. The van der Waals surface area contributed by atoms with Gasteiger partial charge in [-0.25, -0.2) is 4.98 Å². The van der Waals surface area contributed by atoms with Crippen molar-refractivity contribution in [1.29, 1.82) is 0 Å². The Labute approximate surface area is 365 Å². The normalized spacial score (nSPS) is 12.1. The van der Waals surface area contributed by atoms with Gasteiger partial charge in [-0.3, -0.25) is 4.57 Å². The van der Waals surface area contributed by atoms with E-state index in [4.69, 9.17) is 19.4 Å². The second kappa shape index (κ2) is 13.3. The molecule has 0 saturated heterocycles. The third-order valence-corrected chi connectivity index (χ3v) is 12.9.